The van der Waals surface area contributed by atoms with Crippen molar-refractivity contribution >= 4 is 23.5 Å². The van der Waals surface area contributed by atoms with Crippen LogP contribution in [0.4, 0.5) is 5.69 Å². The van der Waals surface area contributed by atoms with Gasteiger partial charge >= 0.3 is 5.97 Å². The summed E-state index contributed by atoms with van der Waals surface area (Å²) in [5, 5.41) is 14.5. The van der Waals surface area contributed by atoms with Crippen molar-refractivity contribution in [3.8, 4) is 0 Å². The zero-order valence-electron chi connectivity index (χ0n) is 15.6. The lowest BCUT2D eigenvalue weighted by Crippen LogP contribution is -2.41. The minimum Gasteiger partial charge on any atom is -0.480 e. The summed E-state index contributed by atoms with van der Waals surface area (Å²) < 4.78 is 5.02. The number of anilines is 1. The predicted octanol–water partition coefficient (Wildman–Crippen LogP) is 3.54. The lowest BCUT2D eigenvalue weighted by molar-refractivity contribution is -0.139. The quantitative estimate of drug-likeness (QED) is 0.689. The molecule has 144 valence electrons. The van der Waals surface area contributed by atoms with Crippen molar-refractivity contribution in [2.45, 2.75) is 39.7 Å². The molecule has 0 aliphatic rings. The van der Waals surface area contributed by atoms with Crippen molar-refractivity contribution in [2.75, 3.05) is 5.32 Å². The van der Waals surface area contributed by atoms with Crippen LogP contribution in [0.15, 0.2) is 47.1 Å². The highest BCUT2D eigenvalue weighted by Crippen LogP contribution is 2.22. The third-order valence-electron chi connectivity index (χ3n) is 3.91. The number of carboxylic acid groups (broad SMARTS) is 1. The Morgan fingerprint density at radius 3 is 2.44 bits per heavy atom. The monoisotopic (exact) mass is 372 g/mol. The van der Waals surface area contributed by atoms with Gasteiger partial charge in [0.05, 0.1) is 6.26 Å². The zero-order chi connectivity index (χ0) is 20.0. The fraction of sp³-hybridized carbons (Fsp3) is 0.350. The highest BCUT2D eigenvalue weighted by atomic mass is 16.4. The second kappa shape index (κ2) is 8.53. The minimum atomic E-state index is -1.07. The van der Waals surface area contributed by atoms with Crippen LogP contribution in [0.2, 0.25) is 0 Å². The molecule has 1 heterocycles. The Bertz CT molecular complexity index is 806. The minimum absolute atomic E-state index is 0.0333. The predicted molar refractivity (Wildman–Crippen MR) is 101 cm³/mol. The van der Waals surface area contributed by atoms with Gasteiger partial charge < -0.3 is 20.2 Å². The van der Waals surface area contributed by atoms with Gasteiger partial charge in [0.1, 0.15) is 6.04 Å². The van der Waals surface area contributed by atoms with E-state index in [1.165, 1.54) is 18.4 Å². The average Bonchev–Trinajstić information content (AvgIpc) is 3.12. The molecule has 0 aliphatic heterocycles. The van der Waals surface area contributed by atoms with Crippen LogP contribution in [0, 0.1) is 5.41 Å². The van der Waals surface area contributed by atoms with Crippen LogP contribution in [-0.4, -0.2) is 28.9 Å². The highest BCUT2D eigenvalue weighted by molar-refractivity contribution is 6.03. The first-order valence-corrected chi connectivity index (χ1v) is 8.64. The van der Waals surface area contributed by atoms with Crippen molar-refractivity contribution in [3.05, 3.63) is 54.0 Å². The molecule has 0 saturated carbocycles. The van der Waals surface area contributed by atoms with Gasteiger partial charge in [-0.15, -0.1) is 0 Å². The zero-order valence-corrected chi connectivity index (χ0v) is 15.6. The normalized spacial score (nSPS) is 12.3. The Kier molecular flexibility index (Phi) is 6.39. The second-order valence-corrected chi connectivity index (χ2v) is 7.48. The topological polar surface area (TPSA) is 109 Å². The van der Waals surface area contributed by atoms with Crippen LogP contribution >= 0.6 is 0 Å². The molecule has 7 nitrogen and oxygen atoms in total. The van der Waals surface area contributed by atoms with Crippen LogP contribution in [0.5, 0.6) is 0 Å². The van der Waals surface area contributed by atoms with Gasteiger partial charge in [-0.2, -0.15) is 0 Å². The van der Waals surface area contributed by atoms with E-state index in [0.717, 1.165) is 0 Å². The van der Waals surface area contributed by atoms with Crippen LogP contribution < -0.4 is 10.6 Å². The Hall–Kier alpha value is -3.09. The molecule has 1 unspecified atom stereocenters. The van der Waals surface area contributed by atoms with Crippen molar-refractivity contribution in [3.63, 3.8) is 0 Å². The molecule has 0 spiro atoms. The molecule has 2 amide bonds. The maximum absolute atomic E-state index is 12.4. The molecular formula is C20H24N2O5. The van der Waals surface area contributed by atoms with Crippen molar-refractivity contribution < 1.29 is 23.9 Å². The molecule has 0 bridgehead atoms. The van der Waals surface area contributed by atoms with Crippen molar-refractivity contribution in [1.29, 1.82) is 0 Å². The van der Waals surface area contributed by atoms with E-state index in [0.29, 0.717) is 18.5 Å². The summed E-state index contributed by atoms with van der Waals surface area (Å²) in [7, 11) is 0. The molecule has 7 heteroatoms. The lowest BCUT2D eigenvalue weighted by atomic mass is 9.88. The summed E-state index contributed by atoms with van der Waals surface area (Å²) in [5.41, 5.74) is 0.633. The third kappa shape index (κ3) is 6.29. The van der Waals surface area contributed by atoms with E-state index in [4.69, 9.17) is 4.42 Å². The molecule has 2 aromatic rings. The molecule has 1 atom stereocenters. The first kappa shape index (κ1) is 20.2. The SMILES string of the molecule is CC(C)(C)CCC(NC(=O)c1cccc(NC(=O)c2ccco2)c1)C(=O)O. The van der Waals surface area contributed by atoms with E-state index in [-0.39, 0.29) is 16.7 Å². The average molecular weight is 372 g/mol. The second-order valence-electron chi connectivity index (χ2n) is 7.48. The summed E-state index contributed by atoms with van der Waals surface area (Å²) in [6.45, 7) is 6.04. The molecule has 0 aliphatic carbocycles. The number of hydrogen-bond donors (Lipinski definition) is 3. The van der Waals surface area contributed by atoms with Crippen LogP contribution in [0.3, 0.4) is 0 Å². The van der Waals surface area contributed by atoms with E-state index in [1.807, 2.05) is 20.8 Å². The first-order valence-electron chi connectivity index (χ1n) is 8.64. The Labute approximate surface area is 157 Å². The number of amides is 2. The lowest BCUT2D eigenvalue weighted by Gasteiger charge is -2.21. The van der Waals surface area contributed by atoms with Gasteiger partial charge in [-0.05, 0) is 48.6 Å². The molecule has 1 aromatic heterocycles. The number of carbonyl (C=O) groups excluding carboxylic acids is 2. The van der Waals surface area contributed by atoms with E-state index in [1.54, 1.807) is 24.3 Å². The number of carboxylic acids is 1. The fourth-order valence-electron chi connectivity index (χ4n) is 2.41. The summed E-state index contributed by atoms with van der Waals surface area (Å²) in [6, 6.07) is 8.43. The molecule has 3 N–H and O–H groups in total. The van der Waals surface area contributed by atoms with Gasteiger partial charge in [0, 0.05) is 11.3 Å². The summed E-state index contributed by atoms with van der Waals surface area (Å²) >= 11 is 0. The van der Waals surface area contributed by atoms with Crippen molar-refractivity contribution in [1.82, 2.24) is 5.32 Å². The van der Waals surface area contributed by atoms with Crippen molar-refractivity contribution in [2.24, 2.45) is 5.41 Å². The molecule has 0 fully saturated rings. The van der Waals surface area contributed by atoms with E-state index < -0.39 is 23.8 Å². The molecule has 0 radical (unpaired) electrons. The maximum Gasteiger partial charge on any atom is 0.326 e. The Morgan fingerprint density at radius 2 is 1.85 bits per heavy atom. The molecule has 1 aromatic carbocycles. The van der Waals surface area contributed by atoms with E-state index in [2.05, 4.69) is 10.6 Å². The molecule has 27 heavy (non-hydrogen) atoms. The number of aliphatic carboxylic acids is 1. The number of rotatable bonds is 7. The van der Waals surface area contributed by atoms with Gasteiger partial charge in [-0.3, -0.25) is 9.59 Å². The largest absolute Gasteiger partial charge is 0.480 e. The first-order chi connectivity index (χ1) is 12.7. The van der Waals surface area contributed by atoms with Gasteiger partial charge in [-0.1, -0.05) is 26.8 Å². The summed E-state index contributed by atoms with van der Waals surface area (Å²) in [5.74, 6) is -1.87. The number of benzene rings is 1. The number of nitrogens with one attached hydrogen (secondary N) is 2. The number of hydrogen-bond acceptors (Lipinski definition) is 4. The number of furan rings is 1. The van der Waals surface area contributed by atoms with E-state index >= 15 is 0 Å². The summed E-state index contributed by atoms with van der Waals surface area (Å²) in [4.78, 5) is 35.9. The van der Waals surface area contributed by atoms with Gasteiger partial charge in [0.15, 0.2) is 5.76 Å². The van der Waals surface area contributed by atoms with E-state index in [9.17, 15) is 19.5 Å². The molecule has 2 rings (SSSR count). The fourth-order valence-corrected chi connectivity index (χ4v) is 2.41. The molecular weight excluding hydrogens is 348 g/mol. The Balaban J connectivity index is 2.04. The Morgan fingerprint density at radius 1 is 1.11 bits per heavy atom. The smallest absolute Gasteiger partial charge is 0.326 e. The highest BCUT2D eigenvalue weighted by Gasteiger charge is 2.23. The van der Waals surface area contributed by atoms with Crippen LogP contribution in [-0.2, 0) is 4.79 Å². The standard InChI is InChI=1S/C20H24N2O5/c1-20(2,3)10-9-15(19(25)26)22-17(23)13-6-4-7-14(12-13)21-18(24)16-8-5-11-27-16/h4-8,11-12,15H,9-10H2,1-3H3,(H,21,24)(H,22,23)(H,25,26). The van der Waals surface area contributed by atoms with Gasteiger partial charge in [0.25, 0.3) is 11.8 Å². The molecule has 0 saturated heterocycles. The van der Waals surface area contributed by atoms with Crippen LogP contribution in [0.1, 0.15) is 54.5 Å². The third-order valence-corrected chi connectivity index (χ3v) is 3.91. The van der Waals surface area contributed by atoms with Crippen LogP contribution in [0.25, 0.3) is 0 Å². The summed E-state index contributed by atoms with van der Waals surface area (Å²) in [6.07, 6.45) is 2.38. The van der Waals surface area contributed by atoms with Gasteiger partial charge in [0.2, 0.25) is 0 Å². The van der Waals surface area contributed by atoms with Gasteiger partial charge in [-0.25, -0.2) is 4.79 Å². The maximum atomic E-state index is 12.4. The number of carbonyl (C=O) groups is 3.